The number of hydrogen-bond donors (Lipinski definition) is 2. The Bertz CT molecular complexity index is 1160. The lowest BCUT2D eigenvalue weighted by Crippen LogP contribution is -2.41. The Kier molecular flexibility index (Phi) is 3.97. The van der Waals surface area contributed by atoms with Gasteiger partial charge in [-0.15, -0.1) is 11.3 Å². The van der Waals surface area contributed by atoms with Crippen molar-refractivity contribution in [3.8, 4) is 0 Å². The standard InChI is InChI=1S/C20H17N3O2S/c1-12-7-3-4-8-13(12)18(24)21-22-19(25)17-11-15-14-9-5-6-10-16(14)23(2)20(15)26-17/h3-11H,1-2H3,(H,21,24)(H,22,25). The van der Waals surface area contributed by atoms with Gasteiger partial charge in [-0.05, 0) is 30.7 Å². The number of hydrogen-bond acceptors (Lipinski definition) is 3. The Morgan fingerprint density at radius 3 is 2.42 bits per heavy atom. The van der Waals surface area contributed by atoms with Gasteiger partial charge in [0.25, 0.3) is 11.8 Å². The molecule has 0 saturated heterocycles. The Balaban J connectivity index is 1.56. The van der Waals surface area contributed by atoms with Crippen molar-refractivity contribution in [1.29, 1.82) is 0 Å². The number of benzene rings is 2. The maximum Gasteiger partial charge on any atom is 0.279 e. The quantitative estimate of drug-likeness (QED) is 0.533. The summed E-state index contributed by atoms with van der Waals surface area (Å²) in [6.45, 7) is 1.85. The molecular formula is C20H17N3O2S. The van der Waals surface area contributed by atoms with Crippen molar-refractivity contribution in [2.45, 2.75) is 6.92 Å². The molecule has 4 aromatic rings. The molecule has 5 nitrogen and oxygen atoms in total. The highest BCUT2D eigenvalue weighted by atomic mass is 32.1. The molecule has 0 aliphatic heterocycles. The van der Waals surface area contributed by atoms with Crippen LogP contribution in [0.25, 0.3) is 21.1 Å². The number of amides is 2. The van der Waals surface area contributed by atoms with Gasteiger partial charge in [-0.25, -0.2) is 0 Å². The molecule has 0 bridgehead atoms. The first-order valence-corrected chi connectivity index (χ1v) is 9.01. The molecule has 4 rings (SSSR count). The number of nitrogens with one attached hydrogen (secondary N) is 2. The maximum absolute atomic E-state index is 12.5. The molecule has 0 aliphatic carbocycles. The van der Waals surface area contributed by atoms with Gasteiger partial charge >= 0.3 is 0 Å². The number of nitrogens with zero attached hydrogens (tertiary/aromatic N) is 1. The van der Waals surface area contributed by atoms with E-state index in [1.165, 1.54) is 11.3 Å². The van der Waals surface area contributed by atoms with Crippen molar-refractivity contribution < 1.29 is 9.59 Å². The van der Waals surface area contributed by atoms with Gasteiger partial charge in [0.15, 0.2) is 0 Å². The van der Waals surface area contributed by atoms with E-state index in [0.717, 1.165) is 26.7 Å². The lowest BCUT2D eigenvalue weighted by atomic mass is 10.1. The minimum absolute atomic E-state index is 0.322. The molecule has 2 amide bonds. The second-order valence-electron chi connectivity index (χ2n) is 6.13. The molecule has 0 saturated carbocycles. The molecule has 0 radical (unpaired) electrons. The number of rotatable bonds is 2. The van der Waals surface area contributed by atoms with Gasteiger partial charge in [0.1, 0.15) is 4.83 Å². The number of thiophene rings is 1. The van der Waals surface area contributed by atoms with E-state index in [0.29, 0.717) is 10.4 Å². The maximum atomic E-state index is 12.5. The summed E-state index contributed by atoms with van der Waals surface area (Å²) in [5.41, 5.74) is 7.52. The number of fused-ring (bicyclic) bond motifs is 3. The number of aryl methyl sites for hydroxylation is 2. The first kappa shape index (κ1) is 16.4. The summed E-state index contributed by atoms with van der Waals surface area (Å²) in [6, 6.07) is 17.2. The van der Waals surface area contributed by atoms with Crippen LogP contribution in [0.3, 0.4) is 0 Å². The Labute approximate surface area is 154 Å². The van der Waals surface area contributed by atoms with E-state index >= 15 is 0 Å². The third-order valence-corrected chi connectivity index (χ3v) is 5.69. The zero-order valence-corrected chi connectivity index (χ0v) is 15.2. The molecule has 0 fully saturated rings. The van der Waals surface area contributed by atoms with Crippen LogP contribution in [0.2, 0.25) is 0 Å². The van der Waals surface area contributed by atoms with Crippen LogP contribution in [0, 0.1) is 6.92 Å². The largest absolute Gasteiger partial charge is 0.335 e. The average Bonchev–Trinajstić information content (AvgIpc) is 3.20. The molecule has 0 aliphatic rings. The number of carbonyl (C=O) groups is 2. The highest BCUT2D eigenvalue weighted by molar-refractivity contribution is 7.20. The first-order valence-electron chi connectivity index (χ1n) is 8.19. The lowest BCUT2D eigenvalue weighted by molar-refractivity contribution is 0.0848. The van der Waals surface area contributed by atoms with Crippen molar-refractivity contribution >= 4 is 44.3 Å². The first-order chi connectivity index (χ1) is 12.6. The van der Waals surface area contributed by atoms with Crippen LogP contribution in [-0.4, -0.2) is 16.4 Å². The van der Waals surface area contributed by atoms with Crippen LogP contribution >= 0.6 is 11.3 Å². The van der Waals surface area contributed by atoms with E-state index in [1.54, 1.807) is 12.1 Å². The van der Waals surface area contributed by atoms with Gasteiger partial charge in [0, 0.05) is 28.9 Å². The summed E-state index contributed by atoms with van der Waals surface area (Å²) in [4.78, 5) is 26.3. The molecule has 130 valence electrons. The number of para-hydroxylation sites is 1. The third kappa shape index (κ3) is 2.64. The van der Waals surface area contributed by atoms with Crippen LogP contribution in [0.15, 0.2) is 54.6 Å². The van der Waals surface area contributed by atoms with E-state index < -0.39 is 0 Å². The predicted octanol–water partition coefficient (Wildman–Crippen LogP) is 3.78. The van der Waals surface area contributed by atoms with Gasteiger partial charge < -0.3 is 4.57 Å². The molecule has 0 atom stereocenters. The van der Waals surface area contributed by atoms with Gasteiger partial charge in [0.05, 0.1) is 4.88 Å². The SMILES string of the molecule is Cc1ccccc1C(=O)NNC(=O)c1cc2c3ccccc3n(C)c2s1. The zero-order valence-electron chi connectivity index (χ0n) is 14.4. The van der Waals surface area contributed by atoms with E-state index in [9.17, 15) is 9.59 Å². The average molecular weight is 363 g/mol. The summed E-state index contributed by atoms with van der Waals surface area (Å²) in [6.07, 6.45) is 0. The van der Waals surface area contributed by atoms with Gasteiger partial charge in [-0.1, -0.05) is 36.4 Å². The fourth-order valence-electron chi connectivity index (χ4n) is 3.11. The van der Waals surface area contributed by atoms with Crippen molar-refractivity contribution in [2.24, 2.45) is 7.05 Å². The third-order valence-electron chi connectivity index (χ3n) is 4.48. The second-order valence-corrected chi connectivity index (χ2v) is 7.16. The van der Waals surface area contributed by atoms with Crippen molar-refractivity contribution in [1.82, 2.24) is 15.4 Å². The zero-order chi connectivity index (χ0) is 18.3. The smallest absolute Gasteiger partial charge is 0.279 e. The summed E-state index contributed by atoms with van der Waals surface area (Å²) < 4.78 is 2.08. The molecule has 2 N–H and O–H groups in total. The van der Waals surface area contributed by atoms with Crippen LogP contribution in [0.1, 0.15) is 25.6 Å². The molecule has 0 unspecified atom stereocenters. The predicted molar refractivity (Wildman–Crippen MR) is 104 cm³/mol. The van der Waals surface area contributed by atoms with Crippen LogP contribution in [0.4, 0.5) is 0 Å². The molecule has 26 heavy (non-hydrogen) atoms. The van der Waals surface area contributed by atoms with E-state index in [4.69, 9.17) is 0 Å². The summed E-state index contributed by atoms with van der Waals surface area (Å²) in [5, 5.41) is 2.16. The molecular weight excluding hydrogens is 346 g/mol. The monoisotopic (exact) mass is 363 g/mol. The Morgan fingerprint density at radius 1 is 0.923 bits per heavy atom. The Morgan fingerprint density at radius 2 is 1.62 bits per heavy atom. The van der Waals surface area contributed by atoms with Gasteiger partial charge in [-0.3, -0.25) is 20.4 Å². The van der Waals surface area contributed by atoms with Crippen LogP contribution in [-0.2, 0) is 7.05 Å². The summed E-state index contributed by atoms with van der Waals surface area (Å²) >= 11 is 1.41. The molecule has 2 aromatic heterocycles. The Hall–Kier alpha value is -3.12. The number of hydrazine groups is 1. The fourth-order valence-corrected chi connectivity index (χ4v) is 4.15. The van der Waals surface area contributed by atoms with Gasteiger partial charge in [-0.2, -0.15) is 0 Å². The lowest BCUT2D eigenvalue weighted by Gasteiger charge is -2.08. The van der Waals surface area contributed by atoms with Crippen molar-refractivity contribution in [3.05, 3.63) is 70.6 Å². The number of carbonyl (C=O) groups excluding carboxylic acids is 2. The molecule has 0 spiro atoms. The van der Waals surface area contributed by atoms with Crippen molar-refractivity contribution in [3.63, 3.8) is 0 Å². The fraction of sp³-hybridized carbons (Fsp3) is 0.100. The second kappa shape index (κ2) is 6.31. The topological polar surface area (TPSA) is 63.1 Å². The van der Waals surface area contributed by atoms with Crippen LogP contribution < -0.4 is 10.9 Å². The minimum Gasteiger partial charge on any atom is -0.335 e. The molecule has 2 heterocycles. The van der Waals surface area contributed by atoms with Crippen LogP contribution in [0.5, 0.6) is 0 Å². The van der Waals surface area contributed by atoms with E-state index in [-0.39, 0.29) is 11.8 Å². The molecule has 2 aromatic carbocycles. The van der Waals surface area contributed by atoms with Gasteiger partial charge in [0.2, 0.25) is 0 Å². The summed E-state index contributed by atoms with van der Waals surface area (Å²) in [5.74, 6) is -0.653. The highest BCUT2D eigenvalue weighted by Gasteiger charge is 2.17. The summed E-state index contributed by atoms with van der Waals surface area (Å²) in [7, 11) is 1.99. The van der Waals surface area contributed by atoms with E-state index in [2.05, 4.69) is 21.5 Å². The molecule has 6 heteroatoms. The normalized spacial score (nSPS) is 11.0. The highest BCUT2D eigenvalue weighted by Crippen LogP contribution is 2.34. The van der Waals surface area contributed by atoms with Crippen molar-refractivity contribution in [2.75, 3.05) is 0 Å². The van der Waals surface area contributed by atoms with E-state index in [1.807, 2.05) is 50.4 Å². The minimum atomic E-state index is -0.331. The number of aromatic nitrogens is 1.